The van der Waals surface area contributed by atoms with Crippen LogP contribution in [0.5, 0.6) is 5.75 Å². The highest BCUT2D eigenvalue weighted by Crippen LogP contribution is 2.22. The van der Waals surface area contributed by atoms with Crippen LogP contribution in [-0.2, 0) is 9.53 Å². The number of carbonyl (C=O) groups is 2. The number of non-ortho nitro benzene ring substituents is 1. The predicted octanol–water partition coefficient (Wildman–Crippen LogP) is 4.03. The minimum atomic E-state index is -0.885. The number of amides is 1. The molecule has 0 heterocycles. The van der Waals surface area contributed by atoms with Crippen molar-refractivity contribution in [2.75, 3.05) is 25.2 Å². The molecule has 1 N–H and O–H groups in total. The van der Waals surface area contributed by atoms with Crippen molar-refractivity contribution in [1.29, 1.82) is 0 Å². The molecule has 0 aliphatic carbocycles. The summed E-state index contributed by atoms with van der Waals surface area (Å²) < 4.78 is 10.9. The van der Waals surface area contributed by atoms with Crippen LogP contribution in [0.3, 0.4) is 0 Å². The maximum Gasteiger partial charge on any atom is 0.328 e. The molecule has 8 nitrogen and oxygen atoms in total. The van der Waals surface area contributed by atoms with Crippen molar-refractivity contribution in [1.82, 2.24) is 5.32 Å². The van der Waals surface area contributed by atoms with E-state index in [0.717, 1.165) is 11.6 Å². The molecule has 1 amide bonds. The third-order valence-electron chi connectivity index (χ3n) is 4.29. The fraction of sp³-hybridized carbons (Fsp3) is 0.333. The highest BCUT2D eigenvalue weighted by molar-refractivity contribution is 7.98. The molecule has 2 rings (SSSR count). The Balaban J connectivity index is 1.95. The molecule has 2 aromatic carbocycles. The summed E-state index contributed by atoms with van der Waals surface area (Å²) in [6.45, 7) is 2.11. The van der Waals surface area contributed by atoms with E-state index < -0.39 is 22.8 Å². The van der Waals surface area contributed by atoms with Gasteiger partial charge in [0.25, 0.3) is 11.6 Å². The number of thioether (sulfide) groups is 1. The Hall–Kier alpha value is -2.78. The van der Waals surface area contributed by atoms with Gasteiger partial charge in [-0.15, -0.1) is 0 Å². The summed E-state index contributed by atoms with van der Waals surface area (Å²) in [5.41, 5.74) is 0.782. The number of hydrogen-bond acceptors (Lipinski definition) is 7. The van der Waals surface area contributed by atoms with E-state index in [1.807, 2.05) is 37.4 Å². The number of benzene rings is 2. The zero-order valence-corrected chi connectivity index (χ0v) is 18.7. The Morgan fingerprint density at radius 3 is 2.61 bits per heavy atom. The van der Waals surface area contributed by atoms with Crippen molar-refractivity contribution in [2.24, 2.45) is 0 Å². The second-order valence-electron chi connectivity index (χ2n) is 6.51. The molecule has 0 aromatic heterocycles. The fourth-order valence-electron chi connectivity index (χ4n) is 2.64. The Bertz CT molecular complexity index is 940. The van der Waals surface area contributed by atoms with E-state index in [9.17, 15) is 19.7 Å². The highest BCUT2D eigenvalue weighted by Gasteiger charge is 2.24. The van der Waals surface area contributed by atoms with Gasteiger partial charge in [0, 0.05) is 12.1 Å². The molecule has 166 valence electrons. The van der Waals surface area contributed by atoms with Gasteiger partial charge in [-0.05, 0) is 43.0 Å². The van der Waals surface area contributed by atoms with Crippen LogP contribution in [0.15, 0.2) is 42.5 Å². The Labute approximate surface area is 189 Å². The van der Waals surface area contributed by atoms with Gasteiger partial charge in [-0.1, -0.05) is 29.8 Å². The van der Waals surface area contributed by atoms with Crippen molar-refractivity contribution < 1.29 is 24.0 Å². The monoisotopic (exact) mass is 466 g/mol. The van der Waals surface area contributed by atoms with Crippen LogP contribution in [-0.4, -0.2) is 48.1 Å². The molecule has 0 saturated carbocycles. The number of rotatable bonds is 11. The van der Waals surface area contributed by atoms with Gasteiger partial charge in [-0.2, -0.15) is 11.8 Å². The standard InChI is InChI=1S/C21H23ClN2O6S/c1-14-5-3-4-6-19(14)29-10-11-30-21(26)18(9-12-31-2)23-20(25)16-8-7-15(24(27)28)13-17(16)22/h3-8,13,18H,9-12H2,1-2H3,(H,23,25). The average Bonchev–Trinajstić information content (AvgIpc) is 2.74. The SMILES string of the molecule is CSCCC(NC(=O)c1ccc([N+](=O)[O-])cc1Cl)C(=O)OCCOc1ccccc1C. The number of aryl methyl sites for hydroxylation is 1. The highest BCUT2D eigenvalue weighted by atomic mass is 35.5. The number of ether oxygens (including phenoxy) is 2. The quantitative estimate of drug-likeness (QED) is 0.230. The smallest absolute Gasteiger partial charge is 0.328 e. The van der Waals surface area contributed by atoms with Crippen LogP contribution in [0.1, 0.15) is 22.3 Å². The van der Waals surface area contributed by atoms with Crippen LogP contribution in [0.4, 0.5) is 5.69 Å². The molecule has 0 spiro atoms. The molecule has 0 aliphatic heterocycles. The summed E-state index contributed by atoms with van der Waals surface area (Å²) in [4.78, 5) is 35.3. The third kappa shape index (κ3) is 7.45. The van der Waals surface area contributed by atoms with Gasteiger partial charge in [0.05, 0.1) is 15.5 Å². The minimum absolute atomic E-state index is 0.0249. The van der Waals surface area contributed by atoms with Gasteiger partial charge in [0.15, 0.2) is 0 Å². The molecule has 0 bridgehead atoms. The van der Waals surface area contributed by atoms with E-state index in [1.165, 1.54) is 23.9 Å². The van der Waals surface area contributed by atoms with E-state index in [-0.39, 0.29) is 29.5 Å². The molecular formula is C21H23ClN2O6S. The summed E-state index contributed by atoms with van der Waals surface area (Å²) in [6, 6.07) is 10.1. The number of nitrogens with zero attached hydrogens (tertiary/aromatic N) is 1. The lowest BCUT2D eigenvalue weighted by Crippen LogP contribution is -2.42. The van der Waals surface area contributed by atoms with Crippen molar-refractivity contribution in [3.63, 3.8) is 0 Å². The molecule has 0 saturated heterocycles. The average molecular weight is 467 g/mol. The first-order valence-electron chi connectivity index (χ1n) is 9.42. The molecule has 0 aliphatic rings. The normalized spacial score (nSPS) is 11.5. The first kappa shape index (κ1) is 24.5. The molecular weight excluding hydrogens is 444 g/mol. The predicted molar refractivity (Wildman–Crippen MR) is 120 cm³/mol. The van der Waals surface area contributed by atoms with E-state index in [1.54, 1.807) is 0 Å². The lowest BCUT2D eigenvalue weighted by atomic mass is 10.1. The maximum atomic E-state index is 12.6. The first-order chi connectivity index (χ1) is 14.8. The van der Waals surface area contributed by atoms with Gasteiger partial charge in [-0.3, -0.25) is 14.9 Å². The number of nitrogens with one attached hydrogen (secondary N) is 1. The van der Waals surface area contributed by atoms with Gasteiger partial charge in [-0.25, -0.2) is 4.79 Å². The molecule has 1 unspecified atom stereocenters. The summed E-state index contributed by atoms with van der Waals surface area (Å²) in [7, 11) is 0. The van der Waals surface area contributed by atoms with Crippen LogP contribution >= 0.6 is 23.4 Å². The Morgan fingerprint density at radius 2 is 1.97 bits per heavy atom. The minimum Gasteiger partial charge on any atom is -0.490 e. The Kier molecular flexibility index (Phi) is 9.61. The van der Waals surface area contributed by atoms with Crippen LogP contribution in [0, 0.1) is 17.0 Å². The molecule has 2 aromatic rings. The van der Waals surface area contributed by atoms with Gasteiger partial charge in [0.2, 0.25) is 0 Å². The summed E-state index contributed by atoms with van der Waals surface area (Å²) in [6.07, 6.45) is 2.24. The fourth-order valence-corrected chi connectivity index (χ4v) is 3.37. The van der Waals surface area contributed by atoms with E-state index in [4.69, 9.17) is 21.1 Å². The zero-order valence-electron chi connectivity index (χ0n) is 17.1. The van der Waals surface area contributed by atoms with Crippen molar-refractivity contribution in [3.8, 4) is 5.75 Å². The van der Waals surface area contributed by atoms with Crippen LogP contribution in [0.25, 0.3) is 0 Å². The number of para-hydroxylation sites is 1. The molecule has 10 heteroatoms. The van der Waals surface area contributed by atoms with Crippen molar-refractivity contribution in [3.05, 3.63) is 68.7 Å². The van der Waals surface area contributed by atoms with Gasteiger partial charge in [0.1, 0.15) is 25.0 Å². The largest absolute Gasteiger partial charge is 0.490 e. The number of halogens is 1. The number of nitro benzene ring substituents is 1. The molecule has 0 radical (unpaired) electrons. The van der Waals surface area contributed by atoms with Gasteiger partial charge >= 0.3 is 5.97 Å². The third-order valence-corrected chi connectivity index (χ3v) is 5.24. The lowest BCUT2D eigenvalue weighted by Gasteiger charge is -2.18. The van der Waals surface area contributed by atoms with E-state index >= 15 is 0 Å². The van der Waals surface area contributed by atoms with E-state index in [2.05, 4.69) is 5.32 Å². The molecule has 31 heavy (non-hydrogen) atoms. The second-order valence-corrected chi connectivity index (χ2v) is 7.90. The topological polar surface area (TPSA) is 108 Å². The van der Waals surface area contributed by atoms with Crippen LogP contribution in [0.2, 0.25) is 5.02 Å². The zero-order chi connectivity index (χ0) is 22.8. The number of nitro groups is 1. The summed E-state index contributed by atoms with van der Waals surface area (Å²) >= 11 is 7.53. The number of hydrogen-bond donors (Lipinski definition) is 1. The maximum absolute atomic E-state index is 12.6. The summed E-state index contributed by atoms with van der Waals surface area (Å²) in [5, 5.41) is 13.4. The van der Waals surface area contributed by atoms with Crippen LogP contribution < -0.4 is 10.1 Å². The van der Waals surface area contributed by atoms with Gasteiger partial charge < -0.3 is 14.8 Å². The Morgan fingerprint density at radius 1 is 1.23 bits per heavy atom. The second kappa shape index (κ2) is 12.2. The van der Waals surface area contributed by atoms with Crippen molar-refractivity contribution >= 4 is 40.9 Å². The van der Waals surface area contributed by atoms with E-state index in [0.29, 0.717) is 17.9 Å². The summed E-state index contributed by atoms with van der Waals surface area (Å²) in [5.74, 6) is 0.125. The van der Waals surface area contributed by atoms with Crippen molar-refractivity contribution in [2.45, 2.75) is 19.4 Å². The number of carbonyl (C=O) groups excluding carboxylic acids is 2. The molecule has 1 atom stereocenters. The molecule has 0 fully saturated rings. The number of esters is 1. The first-order valence-corrected chi connectivity index (χ1v) is 11.2. The lowest BCUT2D eigenvalue weighted by molar-refractivity contribution is -0.384.